The summed E-state index contributed by atoms with van der Waals surface area (Å²) in [5, 5.41) is 9.39. The van der Waals surface area contributed by atoms with Crippen LogP contribution in [0.1, 0.15) is 30.9 Å². The van der Waals surface area contributed by atoms with E-state index >= 15 is 0 Å². The molecule has 4 nitrogen and oxygen atoms in total. The van der Waals surface area contributed by atoms with Gasteiger partial charge in [0, 0.05) is 39.1 Å². The molecule has 1 aromatic carbocycles. The van der Waals surface area contributed by atoms with Crippen LogP contribution in [0.4, 0.5) is 0 Å². The van der Waals surface area contributed by atoms with E-state index < -0.39 is 0 Å². The first kappa shape index (κ1) is 16.7. The summed E-state index contributed by atoms with van der Waals surface area (Å²) in [5.41, 5.74) is 2.17. The summed E-state index contributed by atoms with van der Waals surface area (Å²) in [5.74, 6) is 0.222. The zero-order valence-corrected chi connectivity index (χ0v) is 13.4. The van der Waals surface area contributed by atoms with Gasteiger partial charge >= 0.3 is 0 Å². The first-order valence-electron chi connectivity index (χ1n) is 8.07. The molecule has 1 N–H and O–H groups in total. The molecule has 1 amide bonds. The van der Waals surface area contributed by atoms with Gasteiger partial charge in [0.05, 0.1) is 6.61 Å². The van der Waals surface area contributed by atoms with Crippen molar-refractivity contribution in [1.82, 2.24) is 9.80 Å². The monoisotopic (exact) mass is 302 g/mol. The molecule has 0 spiro atoms. The third kappa shape index (κ3) is 4.68. The Kier molecular flexibility index (Phi) is 6.62. The second kappa shape index (κ2) is 8.71. The van der Waals surface area contributed by atoms with E-state index in [1.165, 1.54) is 5.56 Å². The zero-order valence-electron chi connectivity index (χ0n) is 13.4. The molecule has 1 aromatic rings. The van der Waals surface area contributed by atoms with Crippen molar-refractivity contribution >= 4 is 5.91 Å². The number of allylic oxidation sites excluding steroid dienone is 1. The van der Waals surface area contributed by atoms with Crippen LogP contribution in [0.3, 0.4) is 0 Å². The van der Waals surface area contributed by atoms with Gasteiger partial charge in [-0.15, -0.1) is 0 Å². The molecule has 1 aliphatic heterocycles. The molecule has 4 heteroatoms. The summed E-state index contributed by atoms with van der Waals surface area (Å²) in [6.07, 6.45) is 5.50. The number of hydrogen-bond acceptors (Lipinski definition) is 3. The van der Waals surface area contributed by atoms with Gasteiger partial charge in [-0.2, -0.15) is 0 Å². The molecule has 0 atom stereocenters. The Bertz CT molecular complexity index is 506. The third-order valence-corrected chi connectivity index (χ3v) is 4.10. The summed E-state index contributed by atoms with van der Waals surface area (Å²) in [6.45, 7) is 6.36. The molecular formula is C18H26N2O2. The van der Waals surface area contributed by atoms with Gasteiger partial charge in [0.25, 0.3) is 0 Å². The van der Waals surface area contributed by atoms with Crippen LogP contribution >= 0.6 is 0 Å². The van der Waals surface area contributed by atoms with Gasteiger partial charge in [-0.3, -0.25) is 9.69 Å². The number of carbonyl (C=O) groups is 1. The number of aliphatic hydroxyl groups is 1. The van der Waals surface area contributed by atoms with Crippen molar-refractivity contribution in [1.29, 1.82) is 0 Å². The van der Waals surface area contributed by atoms with Gasteiger partial charge in [0.2, 0.25) is 5.91 Å². The molecule has 2 rings (SSSR count). The largest absolute Gasteiger partial charge is 0.392 e. The minimum Gasteiger partial charge on any atom is -0.392 e. The van der Waals surface area contributed by atoms with E-state index in [-0.39, 0.29) is 12.5 Å². The molecule has 1 fully saturated rings. The average molecular weight is 302 g/mol. The second-order valence-electron chi connectivity index (χ2n) is 5.67. The molecule has 1 heterocycles. The molecule has 1 aliphatic rings. The van der Waals surface area contributed by atoms with Crippen molar-refractivity contribution < 1.29 is 9.90 Å². The highest BCUT2D eigenvalue weighted by Crippen LogP contribution is 2.14. The highest BCUT2D eigenvalue weighted by Gasteiger charge is 2.20. The Morgan fingerprint density at radius 2 is 1.82 bits per heavy atom. The van der Waals surface area contributed by atoms with Crippen molar-refractivity contribution in [3.63, 3.8) is 0 Å². The third-order valence-electron chi connectivity index (χ3n) is 4.10. The number of benzene rings is 1. The van der Waals surface area contributed by atoms with E-state index in [1.54, 1.807) is 0 Å². The van der Waals surface area contributed by atoms with Crippen LogP contribution in [0.25, 0.3) is 0 Å². The maximum absolute atomic E-state index is 12.1. The number of rotatable bonds is 6. The highest BCUT2D eigenvalue weighted by molar-refractivity contribution is 5.77. The fourth-order valence-corrected chi connectivity index (χ4v) is 2.74. The predicted octanol–water partition coefficient (Wildman–Crippen LogP) is 2.18. The zero-order chi connectivity index (χ0) is 15.8. The van der Waals surface area contributed by atoms with Gasteiger partial charge in [0.1, 0.15) is 0 Å². The number of carbonyl (C=O) groups excluding carboxylic acids is 1. The lowest BCUT2D eigenvalue weighted by Crippen LogP contribution is -2.48. The molecular weight excluding hydrogens is 276 g/mol. The fourth-order valence-electron chi connectivity index (χ4n) is 2.74. The molecule has 0 unspecified atom stereocenters. The van der Waals surface area contributed by atoms with Crippen LogP contribution < -0.4 is 0 Å². The SMILES string of the molecule is CCC=CCC(=O)N1CCN(Cc2ccccc2CO)CC1. The van der Waals surface area contributed by atoms with Gasteiger partial charge in [-0.25, -0.2) is 0 Å². The molecule has 22 heavy (non-hydrogen) atoms. The van der Waals surface area contributed by atoms with Crippen molar-refractivity contribution in [3.05, 3.63) is 47.5 Å². The lowest BCUT2D eigenvalue weighted by atomic mass is 10.1. The Hall–Kier alpha value is -1.65. The highest BCUT2D eigenvalue weighted by atomic mass is 16.3. The van der Waals surface area contributed by atoms with Crippen LogP contribution in [-0.4, -0.2) is 47.0 Å². The second-order valence-corrected chi connectivity index (χ2v) is 5.67. The maximum atomic E-state index is 12.1. The summed E-state index contributed by atoms with van der Waals surface area (Å²) in [4.78, 5) is 16.4. The maximum Gasteiger partial charge on any atom is 0.226 e. The summed E-state index contributed by atoms with van der Waals surface area (Å²) < 4.78 is 0. The van der Waals surface area contributed by atoms with Gasteiger partial charge < -0.3 is 10.0 Å². The Morgan fingerprint density at radius 1 is 1.14 bits per heavy atom. The molecule has 120 valence electrons. The van der Waals surface area contributed by atoms with E-state index in [4.69, 9.17) is 0 Å². The minimum absolute atomic E-state index is 0.0817. The van der Waals surface area contributed by atoms with Crippen LogP contribution in [-0.2, 0) is 17.9 Å². The van der Waals surface area contributed by atoms with Gasteiger partial charge in [0.15, 0.2) is 0 Å². The Labute approximate surface area is 133 Å². The molecule has 0 bridgehead atoms. The summed E-state index contributed by atoms with van der Waals surface area (Å²) >= 11 is 0. The lowest BCUT2D eigenvalue weighted by Gasteiger charge is -2.35. The fraction of sp³-hybridized carbons (Fsp3) is 0.500. The first-order chi connectivity index (χ1) is 10.7. The smallest absolute Gasteiger partial charge is 0.226 e. The van der Waals surface area contributed by atoms with Crippen LogP contribution in [0.2, 0.25) is 0 Å². The molecule has 0 aliphatic carbocycles. The minimum atomic E-state index is 0.0817. The summed E-state index contributed by atoms with van der Waals surface area (Å²) in [6, 6.07) is 8.00. The standard InChI is InChI=1S/C18H26N2O2/c1-2-3-4-9-18(22)20-12-10-19(11-13-20)14-16-7-5-6-8-17(16)15-21/h3-8,21H,2,9-15H2,1H3. The molecule has 1 saturated heterocycles. The first-order valence-corrected chi connectivity index (χ1v) is 8.07. The normalized spacial score (nSPS) is 16.4. The van der Waals surface area contributed by atoms with Gasteiger partial charge in [-0.1, -0.05) is 43.3 Å². The topological polar surface area (TPSA) is 43.8 Å². The molecule has 0 saturated carbocycles. The van der Waals surface area contributed by atoms with E-state index in [2.05, 4.69) is 17.9 Å². The van der Waals surface area contributed by atoms with Crippen LogP contribution in [0.5, 0.6) is 0 Å². The van der Waals surface area contributed by atoms with E-state index in [0.717, 1.165) is 44.7 Å². The van der Waals surface area contributed by atoms with Crippen LogP contribution in [0.15, 0.2) is 36.4 Å². The lowest BCUT2D eigenvalue weighted by molar-refractivity contribution is -0.132. The Balaban J connectivity index is 1.82. The van der Waals surface area contributed by atoms with Gasteiger partial charge in [-0.05, 0) is 17.5 Å². The summed E-state index contributed by atoms with van der Waals surface area (Å²) in [7, 11) is 0. The predicted molar refractivity (Wildman–Crippen MR) is 88.3 cm³/mol. The number of aliphatic hydroxyl groups excluding tert-OH is 1. The van der Waals surface area contributed by atoms with Crippen LogP contribution in [0, 0.1) is 0 Å². The van der Waals surface area contributed by atoms with Crippen molar-refractivity contribution in [2.75, 3.05) is 26.2 Å². The molecule has 0 aromatic heterocycles. The van der Waals surface area contributed by atoms with Crippen molar-refractivity contribution in [3.8, 4) is 0 Å². The average Bonchev–Trinajstić information content (AvgIpc) is 2.56. The number of amides is 1. The van der Waals surface area contributed by atoms with E-state index in [1.807, 2.05) is 35.3 Å². The van der Waals surface area contributed by atoms with Crippen molar-refractivity contribution in [2.45, 2.75) is 32.9 Å². The molecule has 0 radical (unpaired) electrons. The Morgan fingerprint density at radius 3 is 2.45 bits per heavy atom. The number of hydrogen-bond donors (Lipinski definition) is 1. The number of piperazine rings is 1. The van der Waals surface area contributed by atoms with E-state index in [0.29, 0.717) is 6.42 Å². The quantitative estimate of drug-likeness (QED) is 0.819. The van der Waals surface area contributed by atoms with Crippen molar-refractivity contribution in [2.24, 2.45) is 0 Å². The number of nitrogens with zero attached hydrogens (tertiary/aromatic N) is 2. The van der Waals surface area contributed by atoms with E-state index in [9.17, 15) is 9.90 Å².